The Morgan fingerprint density at radius 3 is 2.27 bits per heavy atom. The minimum absolute atomic E-state index is 0.196. The largest absolute Gasteiger partial charge is 0.416 e. The van der Waals surface area contributed by atoms with Crippen molar-refractivity contribution in [3.05, 3.63) is 35.5 Å². The van der Waals surface area contributed by atoms with Gasteiger partial charge in [0.15, 0.2) is 0 Å². The number of benzene rings is 1. The highest BCUT2D eigenvalue weighted by Gasteiger charge is 2.31. The van der Waals surface area contributed by atoms with Gasteiger partial charge in [0, 0.05) is 19.3 Å². The molecule has 1 aromatic carbocycles. The molecule has 0 aliphatic carbocycles. The molecular formula is C15H15F3N4. The lowest BCUT2D eigenvalue weighted by Crippen LogP contribution is -2.23. The van der Waals surface area contributed by atoms with E-state index >= 15 is 0 Å². The van der Waals surface area contributed by atoms with Crippen LogP contribution in [0.25, 0.3) is 0 Å². The number of nitrogens with one attached hydrogen (secondary N) is 1. The summed E-state index contributed by atoms with van der Waals surface area (Å²) < 4.78 is 38.5. The van der Waals surface area contributed by atoms with Gasteiger partial charge in [0.1, 0.15) is 17.7 Å². The van der Waals surface area contributed by atoms with Gasteiger partial charge < -0.3 is 10.2 Å². The van der Waals surface area contributed by atoms with Crippen molar-refractivity contribution in [3.63, 3.8) is 0 Å². The number of alkyl halides is 3. The molecule has 0 bridgehead atoms. The van der Waals surface area contributed by atoms with E-state index in [4.69, 9.17) is 10.5 Å². The zero-order valence-electron chi connectivity index (χ0n) is 12.2. The van der Waals surface area contributed by atoms with E-state index in [0.29, 0.717) is 18.8 Å². The number of nitrogens with zero attached hydrogens (tertiary/aromatic N) is 3. The topological polar surface area (TPSA) is 62.9 Å². The average Bonchev–Trinajstić information content (AvgIpc) is 2.49. The van der Waals surface area contributed by atoms with E-state index in [1.54, 1.807) is 12.1 Å². The van der Waals surface area contributed by atoms with Crippen molar-refractivity contribution >= 4 is 11.4 Å². The normalized spacial score (nSPS) is 10.3. The van der Waals surface area contributed by atoms with E-state index in [0.717, 1.165) is 18.3 Å². The Morgan fingerprint density at radius 2 is 1.82 bits per heavy atom. The van der Waals surface area contributed by atoms with Crippen molar-refractivity contribution < 1.29 is 13.2 Å². The molecule has 4 nitrogen and oxygen atoms in total. The van der Waals surface area contributed by atoms with Gasteiger partial charge in [0.25, 0.3) is 0 Å². The summed E-state index contributed by atoms with van der Waals surface area (Å²) in [6.07, 6.45) is -3.36. The number of halogens is 3. The van der Waals surface area contributed by atoms with Crippen molar-refractivity contribution in [2.24, 2.45) is 0 Å². The lowest BCUT2D eigenvalue weighted by molar-refractivity contribution is -0.137. The van der Waals surface area contributed by atoms with Crippen molar-refractivity contribution in [1.82, 2.24) is 0 Å². The summed E-state index contributed by atoms with van der Waals surface area (Å²) in [7, 11) is 0. The first-order chi connectivity index (χ1) is 10.4. The molecule has 22 heavy (non-hydrogen) atoms. The van der Waals surface area contributed by atoms with Gasteiger partial charge in [-0.3, -0.25) is 0 Å². The van der Waals surface area contributed by atoms with Gasteiger partial charge in [0.05, 0.1) is 16.9 Å². The molecule has 7 heteroatoms. The van der Waals surface area contributed by atoms with Crippen molar-refractivity contribution in [2.75, 3.05) is 23.3 Å². The minimum Gasteiger partial charge on any atom is -0.370 e. The summed E-state index contributed by atoms with van der Waals surface area (Å²) in [5.41, 5.74) is -0.247. The van der Waals surface area contributed by atoms with Gasteiger partial charge in [-0.25, -0.2) is 0 Å². The van der Waals surface area contributed by atoms with Crippen LogP contribution in [0.15, 0.2) is 30.0 Å². The summed E-state index contributed by atoms with van der Waals surface area (Å²) in [5.74, 6) is 0. The van der Waals surface area contributed by atoms with E-state index in [2.05, 4.69) is 5.32 Å². The van der Waals surface area contributed by atoms with E-state index in [9.17, 15) is 13.2 Å². The SMILES string of the molecule is CCN(CC)c1ccc(C(F)(F)F)cc1NC=C(C#N)C#N. The van der Waals surface area contributed by atoms with Gasteiger partial charge in [-0.1, -0.05) is 0 Å². The van der Waals surface area contributed by atoms with Crippen LogP contribution < -0.4 is 10.2 Å². The molecule has 0 atom stereocenters. The Kier molecular flexibility index (Phi) is 5.82. The highest BCUT2D eigenvalue weighted by Crippen LogP contribution is 2.35. The molecule has 0 saturated carbocycles. The summed E-state index contributed by atoms with van der Waals surface area (Å²) >= 11 is 0. The van der Waals surface area contributed by atoms with Crippen LogP contribution in [0.1, 0.15) is 19.4 Å². The Bertz CT molecular complexity index is 616. The summed E-state index contributed by atoms with van der Waals surface area (Å²) in [6.45, 7) is 5.00. The molecule has 0 aromatic heterocycles. The maximum absolute atomic E-state index is 12.8. The van der Waals surface area contributed by atoms with Gasteiger partial charge >= 0.3 is 6.18 Å². The first-order valence-electron chi connectivity index (χ1n) is 6.60. The van der Waals surface area contributed by atoms with Crippen LogP contribution in [0.4, 0.5) is 24.5 Å². The summed E-state index contributed by atoms with van der Waals surface area (Å²) in [4.78, 5) is 1.87. The molecule has 0 radical (unpaired) electrons. The van der Waals surface area contributed by atoms with Gasteiger partial charge in [0.2, 0.25) is 0 Å². The fourth-order valence-electron chi connectivity index (χ4n) is 1.91. The van der Waals surface area contributed by atoms with Gasteiger partial charge in [-0.05, 0) is 32.0 Å². The van der Waals surface area contributed by atoms with Crippen molar-refractivity contribution in [3.8, 4) is 12.1 Å². The molecule has 1 rings (SSSR count). The predicted octanol–water partition coefficient (Wildman–Crippen LogP) is 3.89. The Hall–Kier alpha value is -2.67. The first-order valence-corrected chi connectivity index (χ1v) is 6.60. The van der Waals surface area contributed by atoms with Crippen LogP contribution in [0.5, 0.6) is 0 Å². The van der Waals surface area contributed by atoms with Crippen molar-refractivity contribution in [2.45, 2.75) is 20.0 Å². The zero-order chi connectivity index (χ0) is 16.8. The quantitative estimate of drug-likeness (QED) is 0.838. The monoisotopic (exact) mass is 308 g/mol. The van der Waals surface area contributed by atoms with Gasteiger partial charge in [-0.2, -0.15) is 23.7 Å². The van der Waals surface area contributed by atoms with Crippen LogP contribution in [0, 0.1) is 22.7 Å². The third-order valence-corrected chi connectivity index (χ3v) is 3.04. The molecule has 1 aromatic rings. The Labute approximate surface area is 127 Å². The van der Waals surface area contributed by atoms with E-state index < -0.39 is 11.7 Å². The lowest BCUT2D eigenvalue weighted by atomic mass is 10.1. The summed E-state index contributed by atoms with van der Waals surface area (Å²) in [6, 6.07) is 6.65. The highest BCUT2D eigenvalue weighted by molar-refractivity contribution is 5.72. The molecule has 0 amide bonds. The van der Waals surface area contributed by atoms with Crippen LogP contribution in [-0.2, 0) is 6.18 Å². The second-order valence-corrected chi connectivity index (χ2v) is 4.33. The average molecular weight is 308 g/mol. The third kappa shape index (κ3) is 4.16. The van der Waals surface area contributed by atoms with E-state index in [1.807, 2.05) is 18.7 Å². The molecule has 116 valence electrons. The lowest BCUT2D eigenvalue weighted by Gasteiger charge is -2.24. The Morgan fingerprint density at radius 1 is 1.23 bits per heavy atom. The number of anilines is 2. The van der Waals surface area contributed by atoms with Crippen LogP contribution >= 0.6 is 0 Å². The van der Waals surface area contributed by atoms with Gasteiger partial charge in [-0.15, -0.1) is 0 Å². The molecule has 0 aliphatic heterocycles. The standard InChI is InChI=1S/C15H15F3N4/c1-3-22(4-2)14-6-5-12(15(16,17)18)7-13(14)21-10-11(8-19)9-20/h5-7,10,21H,3-4H2,1-2H3. The number of allylic oxidation sites excluding steroid dienone is 1. The fourth-order valence-corrected chi connectivity index (χ4v) is 1.91. The molecule has 0 heterocycles. The predicted molar refractivity (Wildman–Crippen MR) is 77.9 cm³/mol. The molecule has 0 spiro atoms. The maximum atomic E-state index is 12.8. The number of nitriles is 2. The molecule has 0 saturated heterocycles. The molecular weight excluding hydrogens is 293 g/mol. The van der Waals surface area contributed by atoms with E-state index in [1.165, 1.54) is 6.07 Å². The van der Waals surface area contributed by atoms with Crippen LogP contribution in [-0.4, -0.2) is 13.1 Å². The minimum atomic E-state index is -4.46. The zero-order valence-corrected chi connectivity index (χ0v) is 12.2. The summed E-state index contributed by atoms with van der Waals surface area (Å²) in [5, 5.41) is 20.0. The maximum Gasteiger partial charge on any atom is 0.416 e. The highest BCUT2D eigenvalue weighted by atomic mass is 19.4. The second kappa shape index (κ2) is 7.37. The number of hydrogen-bond acceptors (Lipinski definition) is 4. The molecule has 0 fully saturated rings. The van der Waals surface area contributed by atoms with Crippen LogP contribution in [0.2, 0.25) is 0 Å². The number of rotatable bonds is 5. The van der Waals surface area contributed by atoms with Crippen LogP contribution in [0.3, 0.4) is 0 Å². The van der Waals surface area contributed by atoms with E-state index in [-0.39, 0.29) is 11.3 Å². The smallest absolute Gasteiger partial charge is 0.370 e. The fraction of sp³-hybridized carbons (Fsp3) is 0.333. The first kappa shape index (κ1) is 17.4. The molecule has 0 aliphatic rings. The second-order valence-electron chi connectivity index (χ2n) is 4.33. The Balaban J connectivity index is 3.32. The molecule has 1 N–H and O–H groups in total. The third-order valence-electron chi connectivity index (χ3n) is 3.04. The molecule has 0 unspecified atom stereocenters. The number of hydrogen-bond donors (Lipinski definition) is 1. The van der Waals surface area contributed by atoms with Crippen molar-refractivity contribution in [1.29, 1.82) is 10.5 Å².